The summed E-state index contributed by atoms with van der Waals surface area (Å²) in [7, 11) is 0. The Balaban J connectivity index is 1.92. The van der Waals surface area contributed by atoms with Crippen molar-refractivity contribution in [3.8, 4) is 11.6 Å². The second kappa shape index (κ2) is 5.45. The number of pyridine rings is 2. The topological polar surface area (TPSA) is 55.2 Å². The molecule has 0 aliphatic rings. The molecule has 0 saturated carbocycles. The summed E-state index contributed by atoms with van der Waals surface area (Å²) < 4.78 is 5.65. The van der Waals surface area contributed by atoms with Crippen molar-refractivity contribution in [2.24, 2.45) is 0 Å². The van der Waals surface area contributed by atoms with Crippen LogP contribution in [0, 0.1) is 0 Å². The minimum Gasteiger partial charge on any atom is -0.437 e. The first-order valence-corrected chi connectivity index (χ1v) is 6.42. The second-order valence-corrected chi connectivity index (χ2v) is 4.66. The highest BCUT2D eigenvalue weighted by atomic mass is 35.5. The molecule has 2 heterocycles. The SMILES string of the molecule is OCc1cnc(Oc2ccc3cccnc3c2)c(Cl)c1. The number of fused-ring (bicyclic) bond motifs is 1. The standard InChI is InChI=1S/C15H11ClN2O2/c16-13-6-10(9-19)8-18-15(13)20-12-4-3-11-2-1-5-17-14(11)7-12/h1-8,19H,9H2. The van der Waals surface area contributed by atoms with Crippen LogP contribution in [0.4, 0.5) is 0 Å². The van der Waals surface area contributed by atoms with Crippen LogP contribution in [-0.4, -0.2) is 15.1 Å². The van der Waals surface area contributed by atoms with Gasteiger partial charge in [0, 0.05) is 23.8 Å². The van der Waals surface area contributed by atoms with Crippen LogP contribution < -0.4 is 4.74 Å². The van der Waals surface area contributed by atoms with E-state index in [9.17, 15) is 0 Å². The van der Waals surface area contributed by atoms with Crippen LogP contribution in [0.2, 0.25) is 5.02 Å². The zero-order chi connectivity index (χ0) is 13.9. The number of ether oxygens (including phenoxy) is 1. The molecule has 0 atom stereocenters. The van der Waals surface area contributed by atoms with E-state index in [0.717, 1.165) is 10.9 Å². The lowest BCUT2D eigenvalue weighted by atomic mass is 10.2. The average molecular weight is 287 g/mol. The van der Waals surface area contributed by atoms with Gasteiger partial charge < -0.3 is 9.84 Å². The maximum absolute atomic E-state index is 9.01. The van der Waals surface area contributed by atoms with Crippen LogP contribution in [0.1, 0.15) is 5.56 Å². The molecular weight excluding hydrogens is 276 g/mol. The Bertz CT molecular complexity index is 762. The van der Waals surface area contributed by atoms with Crippen molar-refractivity contribution in [2.75, 3.05) is 0 Å². The summed E-state index contributed by atoms with van der Waals surface area (Å²) in [5, 5.41) is 10.4. The number of halogens is 1. The smallest absolute Gasteiger partial charge is 0.238 e. The van der Waals surface area contributed by atoms with E-state index in [1.807, 2.05) is 30.3 Å². The number of nitrogens with zero attached hydrogens (tertiary/aromatic N) is 2. The summed E-state index contributed by atoms with van der Waals surface area (Å²) in [4.78, 5) is 8.36. The lowest BCUT2D eigenvalue weighted by Gasteiger charge is -2.08. The third kappa shape index (κ3) is 2.57. The molecule has 0 unspecified atom stereocenters. The molecule has 1 N–H and O–H groups in total. The van der Waals surface area contributed by atoms with Crippen molar-refractivity contribution in [1.29, 1.82) is 0 Å². The Morgan fingerprint density at radius 3 is 2.85 bits per heavy atom. The molecule has 0 spiro atoms. The van der Waals surface area contributed by atoms with Gasteiger partial charge in [-0.05, 0) is 29.8 Å². The molecule has 0 fully saturated rings. The lowest BCUT2D eigenvalue weighted by Crippen LogP contribution is -1.92. The first-order chi connectivity index (χ1) is 9.76. The van der Waals surface area contributed by atoms with Crippen LogP contribution >= 0.6 is 11.6 Å². The maximum atomic E-state index is 9.01. The van der Waals surface area contributed by atoms with E-state index in [2.05, 4.69) is 9.97 Å². The van der Waals surface area contributed by atoms with E-state index >= 15 is 0 Å². The number of benzene rings is 1. The first kappa shape index (κ1) is 12.8. The van der Waals surface area contributed by atoms with Crippen molar-refractivity contribution in [3.05, 3.63) is 59.4 Å². The number of aliphatic hydroxyl groups is 1. The van der Waals surface area contributed by atoms with Crippen molar-refractivity contribution in [1.82, 2.24) is 9.97 Å². The fraction of sp³-hybridized carbons (Fsp3) is 0.0667. The molecule has 0 bridgehead atoms. The van der Waals surface area contributed by atoms with Crippen LogP contribution in [-0.2, 0) is 6.61 Å². The third-order valence-corrected chi connectivity index (χ3v) is 3.11. The Kier molecular flexibility index (Phi) is 3.50. The monoisotopic (exact) mass is 286 g/mol. The van der Waals surface area contributed by atoms with Gasteiger partial charge in [0.05, 0.1) is 12.1 Å². The number of aliphatic hydroxyl groups excluding tert-OH is 1. The summed E-state index contributed by atoms with van der Waals surface area (Å²) in [6.07, 6.45) is 3.26. The fourth-order valence-electron chi connectivity index (χ4n) is 1.85. The minimum absolute atomic E-state index is 0.104. The first-order valence-electron chi connectivity index (χ1n) is 6.04. The summed E-state index contributed by atoms with van der Waals surface area (Å²) in [6, 6.07) is 11.1. The summed E-state index contributed by atoms with van der Waals surface area (Å²) in [6.45, 7) is -0.104. The molecule has 0 aliphatic heterocycles. The molecule has 100 valence electrons. The molecule has 3 aromatic rings. The van der Waals surface area contributed by atoms with Gasteiger partial charge in [-0.3, -0.25) is 4.98 Å². The van der Waals surface area contributed by atoms with Gasteiger partial charge in [-0.15, -0.1) is 0 Å². The van der Waals surface area contributed by atoms with Gasteiger partial charge in [-0.25, -0.2) is 4.98 Å². The van der Waals surface area contributed by atoms with Crippen molar-refractivity contribution in [2.45, 2.75) is 6.61 Å². The zero-order valence-electron chi connectivity index (χ0n) is 10.5. The number of rotatable bonds is 3. The Hall–Kier alpha value is -2.17. The number of hydrogen-bond acceptors (Lipinski definition) is 4. The van der Waals surface area contributed by atoms with E-state index in [-0.39, 0.29) is 6.61 Å². The predicted octanol–water partition coefficient (Wildman–Crippen LogP) is 3.57. The van der Waals surface area contributed by atoms with Crippen LogP contribution in [0.3, 0.4) is 0 Å². The molecule has 0 saturated heterocycles. The Labute approximate surface area is 120 Å². The van der Waals surface area contributed by atoms with E-state index in [1.54, 1.807) is 12.3 Å². The highest BCUT2D eigenvalue weighted by molar-refractivity contribution is 6.31. The van der Waals surface area contributed by atoms with Gasteiger partial charge in [0.1, 0.15) is 10.8 Å². The van der Waals surface area contributed by atoms with E-state index in [4.69, 9.17) is 21.4 Å². The quantitative estimate of drug-likeness (QED) is 0.800. The zero-order valence-corrected chi connectivity index (χ0v) is 11.2. The lowest BCUT2D eigenvalue weighted by molar-refractivity contribution is 0.281. The number of aromatic nitrogens is 2. The van der Waals surface area contributed by atoms with Crippen molar-refractivity contribution >= 4 is 22.5 Å². The molecule has 0 radical (unpaired) electrons. The Morgan fingerprint density at radius 2 is 2.05 bits per heavy atom. The van der Waals surface area contributed by atoms with Crippen molar-refractivity contribution in [3.63, 3.8) is 0 Å². The second-order valence-electron chi connectivity index (χ2n) is 4.25. The fourth-order valence-corrected chi connectivity index (χ4v) is 2.08. The molecule has 5 heteroatoms. The van der Waals surface area contributed by atoms with E-state index in [1.165, 1.54) is 6.20 Å². The van der Waals surface area contributed by atoms with Crippen LogP contribution in [0.25, 0.3) is 10.9 Å². The average Bonchev–Trinajstić information content (AvgIpc) is 2.49. The summed E-state index contributed by atoms with van der Waals surface area (Å²) in [5.74, 6) is 0.918. The largest absolute Gasteiger partial charge is 0.437 e. The molecule has 2 aromatic heterocycles. The highest BCUT2D eigenvalue weighted by Crippen LogP contribution is 2.29. The molecular formula is C15H11ClN2O2. The minimum atomic E-state index is -0.104. The van der Waals surface area contributed by atoms with Crippen LogP contribution in [0.15, 0.2) is 48.8 Å². The molecule has 3 rings (SSSR count). The van der Waals surface area contributed by atoms with Crippen LogP contribution in [0.5, 0.6) is 11.6 Å². The van der Waals surface area contributed by atoms with Gasteiger partial charge in [-0.1, -0.05) is 17.7 Å². The van der Waals surface area contributed by atoms with Gasteiger partial charge in [0.25, 0.3) is 0 Å². The third-order valence-electron chi connectivity index (χ3n) is 2.84. The molecule has 1 aromatic carbocycles. The van der Waals surface area contributed by atoms with Gasteiger partial charge in [0.15, 0.2) is 0 Å². The predicted molar refractivity (Wildman–Crippen MR) is 77.0 cm³/mol. The normalized spacial score (nSPS) is 10.7. The van der Waals surface area contributed by atoms with E-state index in [0.29, 0.717) is 22.2 Å². The molecule has 0 aliphatic carbocycles. The molecule has 0 amide bonds. The summed E-state index contributed by atoms with van der Waals surface area (Å²) >= 11 is 6.06. The number of hydrogen-bond donors (Lipinski definition) is 1. The van der Waals surface area contributed by atoms with Gasteiger partial charge in [-0.2, -0.15) is 0 Å². The van der Waals surface area contributed by atoms with Gasteiger partial charge in [0.2, 0.25) is 5.88 Å². The molecule has 20 heavy (non-hydrogen) atoms. The highest BCUT2D eigenvalue weighted by Gasteiger charge is 2.07. The molecule has 4 nitrogen and oxygen atoms in total. The summed E-state index contributed by atoms with van der Waals surface area (Å²) in [5.41, 5.74) is 1.48. The van der Waals surface area contributed by atoms with E-state index < -0.39 is 0 Å². The van der Waals surface area contributed by atoms with Gasteiger partial charge >= 0.3 is 0 Å². The van der Waals surface area contributed by atoms with Crippen molar-refractivity contribution < 1.29 is 9.84 Å². The maximum Gasteiger partial charge on any atom is 0.238 e. The Morgan fingerprint density at radius 1 is 1.15 bits per heavy atom.